The smallest absolute Gasteiger partial charge is 0.308 e. The molecule has 7 heteroatoms. The molecule has 26 heavy (non-hydrogen) atoms. The highest BCUT2D eigenvalue weighted by atomic mass is 16.6. The van der Waals surface area contributed by atoms with E-state index >= 15 is 0 Å². The lowest BCUT2D eigenvalue weighted by Gasteiger charge is -2.22. The highest BCUT2D eigenvalue weighted by Gasteiger charge is 2.50. The molecule has 1 atom stereocenters. The van der Waals surface area contributed by atoms with Crippen LogP contribution >= 0.6 is 0 Å². The van der Waals surface area contributed by atoms with Gasteiger partial charge in [0, 0.05) is 18.7 Å². The third-order valence-corrected chi connectivity index (χ3v) is 3.81. The van der Waals surface area contributed by atoms with Crippen molar-refractivity contribution >= 4 is 17.7 Å². The third-order valence-electron chi connectivity index (χ3n) is 3.81. The lowest BCUT2D eigenvalue weighted by atomic mass is 9.96. The molecule has 2 aromatic rings. The van der Waals surface area contributed by atoms with E-state index in [1.807, 2.05) is 0 Å². The van der Waals surface area contributed by atoms with Gasteiger partial charge in [0.1, 0.15) is 0 Å². The van der Waals surface area contributed by atoms with Gasteiger partial charge >= 0.3 is 5.97 Å². The highest BCUT2D eigenvalue weighted by molar-refractivity contribution is 6.05. The molecule has 1 aromatic carbocycles. The van der Waals surface area contributed by atoms with Crippen molar-refractivity contribution in [3.63, 3.8) is 0 Å². The number of rotatable bonds is 4. The standard InChI is InChI=1S/C19H16N2O5/c1-12(22)25-15-16(23)19(2,14-10-6-7-11-20-14)26-18(15)21-17(24)13-8-4-3-5-9-13/h3-11H,1-2H3,(H,21,24). The topological polar surface area (TPSA) is 94.6 Å². The van der Waals surface area contributed by atoms with Crippen molar-refractivity contribution in [3.8, 4) is 0 Å². The summed E-state index contributed by atoms with van der Waals surface area (Å²) >= 11 is 0. The fourth-order valence-electron chi connectivity index (χ4n) is 2.51. The number of hydrogen-bond donors (Lipinski definition) is 1. The summed E-state index contributed by atoms with van der Waals surface area (Å²) in [4.78, 5) is 40.8. The van der Waals surface area contributed by atoms with Crippen LogP contribution in [0.5, 0.6) is 0 Å². The number of Topliss-reactive ketones (excluding diaryl/α,β-unsaturated/α-hetero) is 1. The zero-order valence-corrected chi connectivity index (χ0v) is 14.2. The van der Waals surface area contributed by atoms with Gasteiger partial charge in [-0.2, -0.15) is 0 Å². The van der Waals surface area contributed by atoms with E-state index in [2.05, 4.69) is 10.3 Å². The molecule has 1 N–H and O–H groups in total. The minimum Gasteiger partial charge on any atom is -0.455 e. The molecule has 0 radical (unpaired) electrons. The van der Waals surface area contributed by atoms with Gasteiger partial charge in [0.2, 0.25) is 17.2 Å². The predicted octanol–water partition coefficient (Wildman–Crippen LogP) is 2.06. The molecular formula is C19H16N2O5. The quantitative estimate of drug-likeness (QED) is 0.847. The molecule has 3 rings (SSSR count). The average Bonchev–Trinajstić information content (AvgIpc) is 2.88. The monoisotopic (exact) mass is 352 g/mol. The molecule has 0 fully saturated rings. The zero-order chi connectivity index (χ0) is 18.7. The van der Waals surface area contributed by atoms with Gasteiger partial charge in [-0.05, 0) is 31.2 Å². The lowest BCUT2D eigenvalue weighted by Crippen LogP contribution is -2.33. The fraction of sp³-hybridized carbons (Fsp3) is 0.158. The van der Waals surface area contributed by atoms with Crippen LogP contribution in [0.2, 0.25) is 0 Å². The normalized spacial score (nSPS) is 19.1. The van der Waals surface area contributed by atoms with Crippen LogP contribution < -0.4 is 5.32 Å². The molecule has 0 saturated carbocycles. The number of carbonyl (C=O) groups is 3. The van der Waals surface area contributed by atoms with Crippen molar-refractivity contribution in [3.05, 3.63) is 77.6 Å². The maximum Gasteiger partial charge on any atom is 0.308 e. The number of amides is 1. The first-order valence-electron chi connectivity index (χ1n) is 7.86. The number of nitrogens with one attached hydrogen (secondary N) is 1. The predicted molar refractivity (Wildman–Crippen MR) is 90.4 cm³/mol. The summed E-state index contributed by atoms with van der Waals surface area (Å²) in [5.74, 6) is -2.37. The average molecular weight is 352 g/mol. The van der Waals surface area contributed by atoms with Gasteiger partial charge < -0.3 is 9.47 Å². The van der Waals surface area contributed by atoms with E-state index in [1.165, 1.54) is 13.1 Å². The second-order valence-corrected chi connectivity index (χ2v) is 5.75. The first kappa shape index (κ1) is 17.3. The molecule has 0 spiro atoms. The summed E-state index contributed by atoms with van der Waals surface area (Å²) in [6, 6.07) is 13.4. The van der Waals surface area contributed by atoms with Crippen molar-refractivity contribution in [1.82, 2.24) is 10.3 Å². The van der Waals surface area contributed by atoms with Crippen LogP contribution in [0, 0.1) is 0 Å². The van der Waals surface area contributed by atoms with Gasteiger partial charge in [0.15, 0.2) is 0 Å². The fourth-order valence-corrected chi connectivity index (χ4v) is 2.51. The third kappa shape index (κ3) is 3.19. The van der Waals surface area contributed by atoms with E-state index in [4.69, 9.17) is 9.47 Å². The minimum atomic E-state index is -1.51. The molecule has 1 aliphatic heterocycles. The van der Waals surface area contributed by atoms with Crippen LogP contribution in [-0.2, 0) is 24.7 Å². The zero-order valence-electron chi connectivity index (χ0n) is 14.2. The minimum absolute atomic E-state index is 0.216. The first-order chi connectivity index (χ1) is 12.4. The Morgan fingerprint density at radius 2 is 1.81 bits per heavy atom. The molecule has 1 amide bonds. The number of benzene rings is 1. The Labute approximate surface area is 149 Å². The number of hydrogen-bond acceptors (Lipinski definition) is 6. The van der Waals surface area contributed by atoms with Crippen molar-refractivity contribution < 1.29 is 23.9 Å². The van der Waals surface area contributed by atoms with Crippen LogP contribution in [0.3, 0.4) is 0 Å². The molecular weight excluding hydrogens is 336 g/mol. The number of ketones is 1. The summed E-state index contributed by atoms with van der Waals surface area (Å²) in [5.41, 5.74) is -0.811. The Hall–Kier alpha value is -3.48. The Bertz CT molecular complexity index is 893. The number of carbonyl (C=O) groups excluding carboxylic acids is 3. The van der Waals surface area contributed by atoms with Gasteiger partial charge in [-0.15, -0.1) is 0 Å². The van der Waals surface area contributed by atoms with Gasteiger partial charge in [-0.3, -0.25) is 24.7 Å². The second-order valence-electron chi connectivity index (χ2n) is 5.75. The van der Waals surface area contributed by atoms with E-state index in [0.717, 1.165) is 6.92 Å². The lowest BCUT2D eigenvalue weighted by molar-refractivity contribution is -0.142. The molecule has 2 heterocycles. The summed E-state index contributed by atoms with van der Waals surface area (Å²) in [5, 5.41) is 2.50. The molecule has 1 aliphatic rings. The highest BCUT2D eigenvalue weighted by Crippen LogP contribution is 2.37. The molecule has 0 aliphatic carbocycles. The van der Waals surface area contributed by atoms with Crippen molar-refractivity contribution in [2.45, 2.75) is 19.4 Å². The largest absolute Gasteiger partial charge is 0.455 e. The Morgan fingerprint density at radius 3 is 2.42 bits per heavy atom. The van der Waals surface area contributed by atoms with Crippen LogP contribution in [0.1, 0.15) is 29.9 Å². The van der Waals surface area contributed by atoms with E-state index in [1.54, 1.807) is 48.5 Å². The molecule has 1 unspecified atom stereocenters. The van der Waals surface area contributed by atoms with E-state index in [-0.39, 0.29) is 11.6 Å². The maximum absolute atomic E-state index is 12.8. The SMILES string of the molecule is CC(=O)OC1=C(NC(=O)c2ccccc2)OC(C)(c2ccccn2)C1=O. The second kappa shape index (κ2) is 6.79. The van der Waals surface area contributed by atoms with Gasteiger partial charge in [0.25, 0.3) is 11.7 Å². The molecule has 0 saturated heterocycles. The molecule has 132 valence electrons. The summed E-state index contributed by atoms with van der Waals surface area (Å²) in [6.07, 6.45) is 1.52. The van der Waals surface area contributed by atoms with Crippen LogP contribution in [0.4, 0.5) is 0 Å². The van der Waals surface area contributed by atoms with Crippen molar-refractivity contribution in [1.29, 1.82) is 0 Å². The van der Waals surface area contributed by atoms with E-state index in [0.29, 0.717) is 11.3 Å². The summed E-state index contributed by atoms with van der Waals surface area (Å²) in [6.45, 7) is 2.66. The van der Waals surface area contributed by atoms with E-state index < -0.39 is 23.3 Å². The number of pyridine rings is 1. The molecule has 7 nitrogen and oxygen atoms in total. The van der Waals surface area contributed by atoms with Gasteiger partial charge in [-0.25, -0.2) is 0 Å². The Morgan fingerprint density at radius 1 is 1.12 bits per heavy atom. The van der Waals surface area contributed by atoms with Crippen molar-refractivity contribution in [2.24, 2.45) is 0 Å². The van der Waals surface area contributed by atoms with Crippen LogP contribution in [0.15, 0.2) is 66.4 Å². The number of aromatic nitrogens is 1. The number of esters is 1. The Kier molecular flexibility index (Phi) is 4.53. The molecule has 1 aromatic heterocycles. The first-order valence-corrected chi connectivity index (χ1v) is 7.86. The van der Waals surface area contributed by atoms with Crippen LogP contribution in [-0.4, -0.2) is 22.6 Å². The number of ether oxygens (including phenoxy) is 2. The van der Waals surface area contributed by atoms with Gasteiger partial charge in [0.05, 0.1) is 5.69 Å². The molecule has 0 bridgehead atoms. The summed E-state index contributed by atoms with van der Waals surface area (Å²) in [7, 11) is 0. The van der Waals surface area contributed by atoms with Gasteiger partial charge in [-0.1, -0.05) is 24.3 Å². The maximum atomic E-state index is 12.8. The van der Waals surface area contributed by atoms with E-state index in [9.17, 15) is 14.4 Å². The Balaban J connectivity index is 1.94. The number of nitrogens with zero attached hydrogens (tertiary/aromatic N) is 1. The van der Waals surface area contributed by atoms with Crippen LogP contribution in [0.25, 0.3) is 0 Å². The summed E-state index contributed by atoms with van der Waals surface area (Å²) < 4.78 is 10.7. The van der Waals surface area contributed by atoms with Crippen molar-refractivity contribution in [2.75, 3.05) is 0 Å².